The van der Waals surface area contributed by atoms with Gasteiger partial charge >= 0.3 is 0 Å². The second kappa shape index (κ2) is 4.70. The van der Waals surface area contributed by atoms with Crippen molar-refractivity contribution >= 4 is 5.91 Å². The van der Waals surface area contributed by atoms with Crippen molar-refractivity contribution in [1.29, 1.82) is 0 Å². The van der Waals surface area contributed by atoms with E-state index in [0.29, 0.717) is 24.3 Å². The van der Waals surface area contributed by atoms with Gasteiger partial charge < -0.3 is 10.0 Å². The first kappa shape index (κ1) is 13.1. The van der Waals surface area contributed by atoms with E-state index in [9.17, 15) is 9.90 Å². The van der Waals surface area contributed by atoms with E-state index in [0.717, 1.165) is 38.4 Å². The van der Waals surface area contributed by atoms with E-state index in [4.69, 9.17) is 0 Å². The fraction of sp³-hybridized carbons (Fsp3) is 0.938. The first-order chi connectivity index (χ1) is 9.68. The zero-order valence-corrected chi connectivity index (χ0v) is 12.3. The molecule has 0 aromatic carbocycles. The second-order valence-electron chi connectivity index (χ2n) is 7.72. The Balaban J connectivity index is 1.37. The van der Waals surface area contributed by atoms with Gasteiger partial charge in [0.1, 0.15) is 0 Å². The van der Waals surface area contributed by atoms with Crippen molar-refractivity contribution in [3.8, 4) is 0 Å². The summed E-state index contributed by atoms with van der Waals surface area (Å²) in [5, 5.41) is 9.48. The minimum absolute atomic E-state index is 0.217. The molecule has 0 bridgehead atoms. The maximum Gasteiger partial charge on any atom is 0.222 e. The van der Waals surface area contributed by atoms with E-state index in [-0.39, 0.29) is 5.54 Å². The van der Waals surface area contributed by atoms with Gasteiger partial charge in [-0.05, 0) is 49.9 Å². The number of carbonyl (C=O) groups is 1. The van der Waals surface area contributed by atoms with Gasteiger partial charge in [0, 0.05) is 39.2 Å². The van der Waals surface area contributed by atoms with Crippen LogP contribution >= 0.6 is 0 Å². The molecule has 0 aromatic heterocycles. The molecule has 4 aliphatic rings. The smallest absolute Gasteiger partial charge is 0.222 e. The summed E-state index contributed by atoms with van der Waals surface area (Å²) in [6, 6.07) is 0. The molecule has 4 fully saturated rings. The number of hydrogen-bond acceptors (Lipinski definition) is 3. The molecule has 2 saturated carbocycles. The van der Waals surface area contributed by atoms with Gasteiger partial charge in [0.25, 0.3) is 0 Å². The fourth-order valence-corrected chi connectivity index (χ4v) is 4.11. The molecule has 112 valence electrons. The number of aliphatic hydroxyl groups is 1. The predicted octanol–water partition coefficient (Wildman–Crippen LogP) is 1.09. The van der Waals surface area contributed by atoms with Crippen LogP contribution < -0.4 is 0 Å². The maximum atomic E-state index is 12.2. The topological polar surface area (TPSA) is 43.8 Å². The van der Waals surface area contributed by atoms with Gasteiger partial charge in [0.05, 0.1) is 5.54 Å². The summed E-state index contributed by atoms with van der Waals surface area (Å²) in [5.41, 5.74) is 0.217. The maximum absolute atomic E-state index is 12.2. The highest BCUT2D eigenvalue weighted by atomic mass is 16.3. The van der Waals surface area contributed by atoms with Crippen LogP contribution in [0.25, 0.3) is 0 Å². The first-order valence-corrected chi connectivity index (χ1v) is 8.32. The number of likely N-dealkylation sites (tertiary alicyclic amines) is 2. The number of aliphatic hydroxyl groups excluding tert-OH is 1. The normalized spacial score (nSPS) is 32.6. The Kier molecular flexibility index (Phi) is 3.08. The minimum atomic E-state index is 0.217. The van der Waals surface area contributed by atoms with Crippen molar-refractivity contribution in [1.82, 2.24) is 9.80 Å². The predicted molar refractivity (Wildman–Crippen MR) is 76.1 cm³/mol. The van der Waals surface area contributed by atoms with Crippen molar-refractivity contribution < 1.29 is 9.90 Å². The zero-order chi connectivity index (χ0) is 13.7. The minimum Gasteiger partial charge on any atom is -0.396 e. The molecule has 1 atom stereocenters. The molecule has 2 saturated heterocycles. The number of rotatable bonds is 5. The molecule has 1 spiro atoms. The van der Waals surface area contributed by atoms with E-state index in [1.807, 2.05) is 0 Å². The Hall–Kier alpha value is -0.610. The third-order valence-electron chi connectivity index (χ3n) is 5.74. The van der Waals surface area contributed by atoms with Crippen molar-refractivity contribution in [2.75, 3.05) is 32.8 Å². The molecule has 0 aromatic rings. The summed E-state index contributed by atoms with van der Waals surface area (Å²) in [6.45, 7) is 4.38. The molecule has 2 heterocycles. The summed E-state index contributed by atoms with van der Waals surface area (Å²) in [4.78, 5) is 16.8. The van der Waals surface area contributed by atoms with E-state index in [1.165, 1.54) is 32.2 Å². The van der Waals surface area contributed by atoms with Gasteiger partial charge in [-0.15, -0.1) is 0 Å². The monoisotopic (exact) mass is 278 g/mol. The van der Waals surface area contributed by atoms with E-state index in [1.54, 1.807) is 0 Å². The molecule has 2 aliphatic heterocycles. The lowest BCUT2D eigenvalue weighted by Gasteiger charge is -2.53. The number of nitrogens with zero attached hydrogens (tertiary/aromatic N) is 2. The van der Waals surface area contributed by atoms with Crippen LogP contribution in [-0.2, 0) is 4.79 Å². The standard InChI is InChI=1S/C16H26N2O2/c19-9-14-6-16(18(8-14)7-13-3-4-13)10-17(11-16)15(20)5-12-1-2-12/h12-14,19H,1-11H2/t14-/m0/s1. The Labute approximate surface area is 121 Å². The summed E-state index contributed by atoms with van der Waals surface area (Å²) in [6.07, 6.45) is 7.13. The van der Waals surface area contributed by atoms with Crippen LogP contribution in [-0.4, -0.2) is 59.1 Å². The average Bonchev–Trinajstić information content (AvgIpc) is 3.28. The van der Waals surface area contributed by atoms with Gasteiger partial charge in [0.15, 0.2) is 0 Å². The van der Waals surface area contributed by atoms with Gasteiger partial charge in [-0.2, -0.15) is 0 Å². The molecule has 0 radical (unpaired) electrons. The van der Waals surface area contributed by atoms with Gasteiger partial charge in [-0.25, -0.2) is 0 Å². The van der Waals surface area contributed by atoms with Crippen LogP contribution in [0.1, 0.15) is 38.5 Å². The van der Waals surface area contributed by atoms with E-state index >= 15 is 0 Å². The molecular weight excluding hydrogens is 252 g/mol. The zero-order valence-electron chi connectivity index (χ0n) is 12.3. The average molecular weight is 278 g/mol. The third kappa shape index (κ3) is 2.37. The molecule has 20 heavy (non-hydrogen) atoms. The van der Waals surface area contributed by atoms with Crippen LogP contribution in [0.3, 0.4) is 0 Å². The Morgan fingerprint density at radius 3 is 2.40 bits per heavy atom. The second-order valence-corrected chi connectivity index (χ2v) is 7.72. The number of amides is 1. The molecule has 0 unspecified atom stereocenters. The summed E-state index contributed by atoms with van der Waals surface area (Å²) in [7, 11) is 0. The fourth-order valence-electron chi connectivity index (χ4n) is 4.11. The molecule has 4 rings (SSSR count). The van der Waals surface area contributed by atoms with Crippen LogP contribution in [0.4, 0.5) is 0 Å². The third-order valence-corrected chi connectivity index (χ3v) is 5.74. The summed E-state index contributed by atoms with van der Waals surface area (Å²) < 4.78 is 0. The largest absolute Gasteiger partial charge is 0.396 e. The van der Waals surface area contributed by atoms with Gasteiger partial charge in [-0.1, -0.05) is 0 Å². The summed E-state index contributed by atoms with van der Waals surface area (Å²) in [5.74, 6) is 2.38. The van der Waals surface area contributed by atoms with E-state index < -0.39 is 0 Å². The highest BCUT2D eigenvalue weighted by Crippen LogP contribution is 2.44. The molecule has 1 amide bonds. The molecule has 4 heteroatoms. The molecular formula is C16H26N2O2. The van der Waals surface area contributed by atoms with Gasteiger partial charge in [-0.3, -0.25) is 9.69 Å². The Morgan fingerprint density at radius 1 is 1.10 bits per heavy atom. The molecule has 4 nitrogen and oxygen atoms in total. The van der Waals surface area contributed by atoms with Gasteiger partial charge in [0.2, 0.25) is 5.91 Å². The first-order valence-electron chi connectivity index (χ1n) is 8.32. The molecule has 2 aliphatic carbocycles. The lowest BCUT2D eigenvalue weighted by molar-refractivity contribution is -0.144. The van der Waals surface area contributed by atoms with Crippen LogP contribution in [0.2, 0.25) is 0 Å². The van der Waals surface area contributed by atoms with Crippen molar-refractivity contribution in [2.45, 2.75) is 44.1 Å². The van der Waals surface area contributed by atoms with E-state index in [2.05, 4.69) is 9.80 Å². The summed E-state index contributed by atoms with van der Waals surface area (Å²) >= 11 is 0. The van der Waals surface area contributed by atoms with Crippen molar-refractivity contribution in [2.24, 2.45) is 17.8 Å². The Morgan fingerprint density at radius 2 is 1.80 bits per heavy atom. The van der Waals surface area contributed by atoms with Crippen LogP contribution in [0.15, 0.2) is 0 Å². The number of carbonyl (C=O) groups excluding carboxylic acids is 1. The highest BCUT2D eigenvalue weighted by Gasteiger charge is 2.55. The number of hydrogen-bond donors (Lipinski definition) is 1. The quantitative estimate of drug-likeness (QED) is 0.819. The van der Waals surface area contributed by atoms with Crippen LogP contribution in [0.5, 0.6) is 0 Å². The van der Waals surface area contributed by atoms with Crippen molar-refractivity contribution in [3.05, 3.63) is 0 Å². The lowest BCUT2D eigenvalue weighted by atomic mass is 9.84. The highest BCUT2D eigenvalue weighted by molar-refractivity contribution is 5.78. The SMILES string of the molecule is O=C(CC1CC1)N1CC2(C[C@H](CO)CN2CC2CC2)C1. The van der Waals surface area contributed by atoms with Crippen LogP contribution in [0, 0.1) is 17.8 Å². The molecule has 1 N–H and O–H groups in total. The lowest BCUT2D eigenvalue weighted by Crippen LogP contribution is -2.69. The Bertz CT molecular complexity index is 397. The van der Waals surface area contributed by atoms with Crippen molar-refractivity contribution in [3.63, 3.8) is 0 Å².